The standard InChI is InChI=1S/C36H49N5O5Si/c1-35(2,3)46-34(42)40(7)33-16-13-25(23-38-33)32-24-37-30-15-14-26(21-31(30)39-32)41(17-12-18-45-47(10,11)36(4,5)6)27-19-28(43-8)22-29(20-27)44-9/h13-16,19-24H,12,17-18H2,1-11H3. The van der Waals surface area contributed by atoms with Gasteiger partial charge in [0, 0.05) is 61.5 Å². The Morgan fingerprint density at radius 1 is 0.830 bits per heavy atom. The Balaban J connectivity index is 1.64. The second-order valence-electron chi connectivity index (χ2n) is 14.1. The van der Waals surface area contributed by atoms with E-state index in [9.17, 15) is 4.79 Å². The van der Waals surface area contributed by atoms with Crippen LogP contribution in [0.1, 0.15) is 48.0 Å². The topological polar surface area (TPSA) is 99.1 Å². The Kier molecular flexibility index (Phi) is 10.8. The SMILES string of the molecule is COc1cc(OC)cc(N(CCCO[Si](C)(C)C(C)(C)C)c2ccc3ncc(-c4ccc(N(C)C(=O)OC(C)(C)C)nc4)nc3c2)c1. The number of aromatic nitrogens is 3. The van der Waals surface area contributed by atoms with Gasteiger partial charge in [0.05, 0.1) is 37.1 Å². The van der Waals surface area contributed by atoms with Crippen molar-refractivity contribution in [1.29, 1.82) is 0 Å². The number of amides is 1. The maximum absolute atomic E-state index is 12.5. The van der Waals surface area contributed by atoms with Gasteiger partial charge in [-0.15, -0.1) is 0 Å². The molecule has 10 nitrogen and oxygen atoms in total. The molecule has 11 heteroatoms. The number of fused-ring (bicyclic) bond motifs is 1. The van der Waals surface area contributed by atoms with Crippen LogP contribution in [0.5, 0.6) is 11.5 Å². The van der Waals surface area contributed by atoms with Crippen LogP contribution in [-0.2, 0) is 9.16 Å². The van der Waals surface area contributed by atoms with Gasteiger partial charge < -0.3 is 23.5 Å². The fraction of sp³-hybridized carbons (Fsp3) is 0.444. The van der Waals surface area contributed by atoms with Crippen LogP contribution in [0.2, 0.25) is 18.1 Å². The van der Waals surface area contributed by atoms with Crippen molar-refractivity contribution in [2.24, 2.45) is 0 Å². The number of anilines is 3. The van der Waals surface area contributed by atoms with Gasteiger partial charge in [0.1, 0.15) is 22.9 Å². The summed E-state index contributed by atoms with van der Waals surface area (Å²) in [7, 11) is 3.07. The zero-order chi connectivity index (χ0) is 34.6. The largest absolute Gasteiger partial charge is 0.497 e. The Hall–Kier alpha value is -4.22. The number of carbonyl (C=O) groups excluding carboxylic acids is 1. The molecule has 0 aliphatic heterocycles. The van der Waals surface area contributed by atoms with Gasteiger partial charge in [-0.05, 0) is 75.7 Å². The van der Waals surface area contributed by atoms with Gasteiger partial charge in [-0.3, -0.25) is 9.88 Å². The van der Waals surface area contributed by atoms with Crippen molar-refractivity contribution in [1.82, 2.24) is 15.0 Å². The van der Waals surface area contributed by atoms with Crippen molar-refractivity contribution in [2.45, 2.75) is 71.7 Å². The summed E-state index contributed by atoms with van der Waals surface area (Å²) in [4.78, 5) is 30.3. The molecule has 2 aromatic carbocycles. The van der Waals surface area contributed by atoms with Crippen molar-refractivity contribution in [3.8, 4) is 22.8 Å². The van der Waals surface area contributed by atoms with E-state index in [1.807, 2.05) is 57.2 Å². The Labute approximate surface area is 280 Å². The number of methoxy groups -OCH3 is 2. The molecular weight excluding hydrogens is 611 g/mol. The molecule has 0 radical (unpaired) electrons. The minimum absolute atomic E-state index is 0.144. The second-order valence-corrected chi connectivity index (χ2v) is 18.9. The Morgan fingerprint density at radius 2 is 1.51 bits per heavy atom. The molecule has 0 bridgehead atoms. The summed E-state index contributed by atoms with van der Waals surface area (Å²) in [5.41, 5.74) is 4.26. The lowest BCUT2D eigenvalue weighted by atomic mass is 10.1. The summed E-state index contributed by atoms with van der Waals surface area (Å²) in [6, 6.07) is 15.6. The van der Waals surface area contributed by atoms with Gasteiger partial charge in [-0.1, -0.05) is 20.8 Å². The van der Waals surface area contributed by atoms with E-state index >= 15 is 0 Å². The van der Waals surface area contributed by atoms with Crippen molar-refractivity contribution < 1.29 is 23.4 Å². The molecule has 0 N–H and O–H groups in total. The van der Waals surface area contributed by atoms with Crippen LogP contribution in [0.3, 0.4) is 0 Å². The zero-order valence-electron chi connectivity index (χ0n) is 29.7. The molecule has 2 aromatic heterocycles. The molecule has 0 atom stereocenters. The maximum atomic E-state index is 12.5. The van der Waals surface area contributed by atoms with E-state index in [2.05, 4.69) is 54.8 Å². The molecule has 0 aliphatic rings. The lowest BCUT2D eigenvalue weighted by molar-refractivity contribution is 0.0588. The van der Waals surface area contributed by atoms with Crippen LogP contribution in [-0.4, -0.2) is 69.4 Å². The molecule has 4 aromatic rings. The molecule has 4 rings (SSSR count). The molecule has 1 amide bonds. The number of hydrogen-bond acceptors (Lipinski definition) is 9. The van der Waals surface area contributed by atoms with Gasteiger partial charge in [-0.2, -0.15) is 0 Å². The second kappa shape index (κ2) is 14.3. The lowest BCUT2D eigenvalue weighted by Gasteiger charge is -2.36. The molecule has 0 saturated carbocycles. The zero-order valence-corrected chi connectivity index (χ0v) is 30.7. The number of ether oxygens (including phenoxy) is 3. The fourth-order valence-corrected chi connectivity index (χ4v) is 5.68. The van der Waals surface area contributed by atoms with E-state index in [4.69, 9.17) is 23.6 Å². The number of pyridine rings is 1. The highest BCUT2D eigenvalue weighted by Gasteiger charge is 2.36. The monoisotopic (exact) mass is 659 g/mol. The summed E-state index contributed by atoms with van der Waals surface area (Å²) in [5.74, 6) is 1.89. The summed E-state index contributed by atoms with van der Waals surface area (Å²) < 4.78 is 23.2. The quantitative estimate of drug-likeness (QED) is 0.116. The van der Waals surface area contributed by atoms with Crippen LogP contribution < -0.4 is 19.3 Å². The van der Waals surface area contributed by atoms with Gasteiger partial charge >= 0.3 is 6.09 Å². The van der Waals surface area contributed by atoms with Crippen LogP contribution in [0, 0.1) is 0 Å². The average molecular weight is 660 g/mol. The van der Waals surface area contributed by atoms with Crippen LogP contribution in [0.25, 0.3) is 22.3 Å². The van der Waals surface area contributed by atoms with Crippen LogP contribution in [0.15, 0.2) is 60.9 Å². The summed E-state index contributed by atoms with van der Waals surface area (Å²) >= 11 is 0. The minimum atomic E-state index is -1.87. The number of carbonyl (C=O) groups is 1. The molecule has 0 unspecified atom stereocenters. The summed E-state index contributed by atoms with van der Waals surface area (Å²) in [6.45, 7) is 18.2. The molecular formula is C36H49N5O5Si. The van der Waals surface area contributed by atoms with Gasteiger partial charge in [0.25, 0.3) is 0 Å². The fourth-order valence-electron chi connectivity index (χ4n) is 4.59. The number of nitrogens with zero attached hydrogens (tertiary/aromatic N) is 5. The predicted octanol–water partition coefficient (Wildman–Crippen LogP) is 8.63. The third kappa shape index (κ3) is 8.98. The van der Waals surface area contributed by atoms with E-state index in [1.54, 1.807) is 39.7 Å². The predicted molar refractivity (Wildman–Crippen MR) is 192 cm³/mol. The highest BCUT2D eigenvalue weighted by Crippen LogP contribution is 2.37. The first kappa shape index (κ1) is 35.6. The van der Waals surface area contributed by atoms with Crippen molar-refractivity contribution in [2.75, 3.05) is 44.2 Å². The third-order valence-corrected chi connectivity index (χ3v) is 12.9. The van der Waals surface area contributed by atoms with Crippen molar-refractivity contribution in [3.63, 3.8) is 0 Å². The molecule has 2 heterocycles. The first-order valence-corrected chi connectivity index (χ1v) is 18.8. The molecule has 252 valence electrons. The van der Waals surface area contributed by atoms with Crippen molar-refractivity contribution in [3.05, 3.63) is 60.9 Å². The minimum Gasteiger partial charge on any atom is -0.497 e. The van der Waals surface area contributed by atoms with Crippen molar-refractivity contribution >= 4 is 42.6 Å². The highest BCUT2D eigenvalue weighted by molar-refractivity contribution is 6.74. The van der Waals surface area contributed by atoms with E-state index in [0.717, 1.165) is 34.4 Å². The van der Waals surface area contributed by atoms with E-state index in [1.165, 1.54) is 4.90 Å². The Bertz CT molecular complexity index is 1660. The number of rotatable bonds is 11. The molecule has 0 spiro atoms. The van der Waals surface area contributed by atoms with Gasteiger partial charge in [-0.25, -0.2) is 14.8 Å². The first-order chi connectivity index (χ1) is 22.0. The van der Waals surface area contributed by atoms with Gasteiger partial charge in [0.15, 0.2) is 8.32 Å². The summed E-state index contributed by atoms with van der Waals surface area (Å²) in [5, 5.41) is 0.144. The molecule has 0 saturated heterocycles. The summed E-state index contributed by atoms with van der Waals surface area (Å²) in [6.07, 6.45) is 3.78. The lowest BCUT2D eigenvalue weighted by Crippen LogP contribution is -2.41. The van der Waals surface area contributed by atoms with E-state index in [-0.39, 0.29) is 5.04 Å². The molecule has 0 fully saturated rings. The third-order valence-electron chi connectivity index (χ3n) is 8.34. The smallest absolute Gasteiger partial charge is 0.415 e. The van der Waals surface area contributed by atoms with Crippen LogP contribution >= 0.6 is 0 Å². The average Bonchev–Trinajstić information content (AvgIpc) is 3.02. The Morgan fingerprint density at radius 3 is 2.09 bits per heavy atom. The maximum Gasteiger partial charge on any atom is 0.415 e. The van der Waals surface area contributed by atoms with E-state index in [0.29, 0.717) is 36.2 Å². The van der Waals surface area contributed by atoms with Gasteiger partial charge in [0.2, 0.25) is 0 Å². The molecule has 0 aliphatic carbocycles. The molecule has 47 heavy (non-hydrogen) atoms. The van der Waals surface area contributed by atoms with Crippen LogP contribution in [0.4, 0.5) is 22.0 Å². The van der Waals surface area contributed by atoms with E-state index < -0.39 is 20.0 Å². The number of benzene rings is 2. The normalized spacial score (nSPS) is 12.1. The highest BCUT2D eigenvalue weighted by atomic mass is 28.4. The number of hydrogen-bond donors (Lipinski definition) is 0. The first-order valence-electron chi connectivity index (χ1n) is 15.9.